The molecule has 6 N–H and O–H groups in total. The number of anilines is 1. The highest BCUT2D eigenvalue weighted by Gasteiger charge is 2.54. The predicted octanol–water partition coefficient (Wildman–Crippen LogP) is 9.72. The van der Waals surface area contributed by atoms with Crippen LogP contribution < -0.4 is 10.1 Å². The lowest BCUT2D eigenvalue weighted by atomic mass is 9.52. The topological polar surface area (TPSA) is 217 Å². The number of amides is 1. The number of phenolic OH excluding ortho intramolecular Hbond substituents is 3. The monoisotopic (exact) mass is 986 g/mol. The number of hydrogen-bond donors (Lipinski definition) is 6. The number of allylic oxidation sites excluding steroid dienone is 2. The van der Waals surface area contributed by atoms with E-state index in [0.717, 1.165) is 44.9 Å². The van der Waals surface area contributed by atoms with Gasteiger partial charge < -0.3 is 49.8 Å². The van der Waals surface area contributed by atoms with Gasteiger partial charge in [-0.1, -0.05) is 85.0 Å². The number of Topliss-reactive ketones (excluding diaryl/α,β-unsaturated/α-hetero) is 1. The first-order chi connectivity index (χ1) is 33.7. The number of unbranched alkanes of at least 4 members (excludes halogenated alkanes) is 5. The summed E-state index contributed by atoms with van der Waals surface area (Å²) in [5, 5.41) is 69.9. The number of esters is 1. The van der Waals surface area contributed by atoms with Crippen molar-refractivity contribution in [2.45, 2.75) is 175 Å². The summed E-state index contributed by atoms with van der Waals surface area (Å²) in [6, 6.07) is 0. The Morgan fingerprint density at radius 1 is 0.873 bits per heavy atom. The third-order valence-electron chi connectivity index (χ3n) is 16.6. The van der Waals surface area contributed by atoms with Crippen LogP contribution in [0.4, 0.5) is 5.69 Å². The number of aliphatic hydroxyl groups is 2. The van der Waals surface area contributed by atoms with Crippen molar-refractivity contribution in [3.8, 4) is 23.0 Å². The van der Waals surface area contributed by atoms with E-state index in [0.29, 0.717) is 24.3 Å². The molecule has 9 bridgehead atoms. The first kappa shape index (κ1) is 53.7. The minimum absolute atomic E-state index is 0.0655. The largest absolute Gasteiger partial charge is 0.507 e. The average molecular weight is 986 g/mol. The Kier molecular flexibility index (Phi) is 16.6. The first-order valence-corrected chi connectivity index (χ1v) is 26.1. The zero-order chi connectivity index (χ0) is 51.7. The van der Waals surface area contributed by atoms with Gasteiger partial charge in [-0.2, -0.15) is 5.10 Å². The smallest absolute Gasteiger partial charge is 0.312 e. The van der Waals surface area contributed by atoms with E-state index < -0.39 is 88.8 Å². The van der Waals surface area contributed by atoms with Crippen molar-refractivity contribution < 1.29 is 58.9 Å². The van der Waals surface area contributed by atoms with Crippen molar-refractivity contribution in [3.63, 3.8) is 0 Å². The Morgan fingerprint density at radius 3 is 2.13 bits per heavy atom. The van der Waals surface area contributed by atoms with Gasteiger partial charge in [0.05, 0.1) is 58.5 Å². The number of ketones is 1. The number of fused-ring (bicyclic) bond motifs is 14. The Labute approximate surface area is 419 Å². The summed E-state index contributed by atoms with van der Waals surface area (Å²) >= 11 is 0. The van der Waals surface area contributed by atoms with Gasteiger partial charge in [0, 0.05) is 67.7 Å². The van der Waals surface area contributed by atoms with Crippen LogP contribution in [0.15, 0.2) is 41.2 Å². The van der Waals surface area contributed by atoms with E-state index in [9.17, 15) is 39.9 Å². The summed E-state index contributed by atoms with van der Waals surface area (Å²) < 4.78 is 24.0. The summed E-state index contributed by atoms with van der Waals surface area (Å²) in [5.74, 6) is -6.28. The van der Waals surface area contributed by atoms with Crippen LogP contribution in [-0.2, 0) is 23.8 Å². The van der Waals surface area contributed by atoms with Gasteiger partial charge >= 0.3 is 11.8 Å². The van der Waals surface area contributed by atoms with E-state index in [1.54, 1.807) is 52.8 Å². The Balaban J connectivity index is 1.37. The quantitative estimate of drug-likeness (QED) is 0.0292. The number of rotatable bonds is 12. The lowest BCUT2D eigenvalue weighted by Crippen LogP contribution is -2.58. The second kappa shape index (κ2) is 21.9. The molecule has 3 aliphatic heterocycles. The lowest BCUT2D eigenvalue weighted by molar-refractivity contribution is -0.160. The van der Waals surface area contributed by atoms with Crippen molar-refractivity contribution in [1.82, 2.24) is 5.01 Å². The van der Waals surface area contributed by atoms with Gasteiger partial charge in [-0.05, 0) is 82.6 Å². The fraction of sp³-hybridized carbons (Fsp3) is 0.643. The van der Waals surface area contributed by atoms with Gasteiger partial charge in [-0.3, -0.25) is 19.4 Å². The molecule has 390 valence electrons. The summed E-state index contributed by atoms with van der Waals surface area (Å²) in [5.41, 5.74) is -0.324. The number of aliphatic hydroxyl groups excluding tert-OH is 2. The number of methoxy groups -OCH3 is 1. The van der Waals surface area contributed by atoms with Crippen LogP contribution >= 0.6 is 0 Å². The third-order valence-corrected chi connectivity index (χ3v) is 16.6. The molecule has 9 atom stereocenters. The normalized spacial score (nSPS) is 34.8. The Bertz CT molecular complexity index is 2410. The molecule has 7 aliphatic rings. The Hall–Kier alpha value is -5.12. The van der Waals surface area contributed by atoms with Gasteiger partial charge in [0.25, 0.3) is 11.7 Å². The number of nitrogens with one attached hydrogen (secondary N) is 1. The number of hydrogen-bond acceptors (Lipinski definition) is 14. The molecule has 3 heterocycles. The maximum absolute atomic E-state index is 14.8. The van der Waals surface area contributed by atoms with Crippen molar-refractivity contribution >= 4 is 40.3 Å². The fourth-order valence-electron chi connectivity index (χ4n) is 12.8. The molecule has 2 aromatic carbocycles. The molecule has 0 unspecified atom stereocenters. The number of aromatic hydroxyl groups is 3. The number of benzene rings is 2. The van der Waals surface area contributed by atoms with E-state index in [4.69, 9.17) is 24.0 Å². The van der Waals surface area contributed by atoms with Crippen LogP contribution in [0.25, 0.3) is 10.8 Å². The molecular formula is C56H79N3O12. The standard InChI is InChI=1S/C56H79N3O12/c1-11-12-13-14-15-16-21-59(56-26-37-23-38(27-56)25-39(24-37)28-56)57-29-40-45-50(65)43-42(49(40)64)44-52(35(7)48(43)63)71-55(9,53(44)66)69-22-20-41(68-10)32(4)51(70-36(8)60)34(6)47(62)33(5)46(61)30(2)18-17-19-31(3)54(67)58-45/h17-20,22,29-30,32-34,37-39,41,46-47,51,61-65H,11-16,21,23-28H2,1-10H3,(H,58,67)/b18-17+,22-20+,31-19-,57-29+/t30-,32+,33+,34+,37?,38?,39?,41-,46-,47+,51+,55-,56?/m0/s1. The zero-order valence-electron chi connectivity index (χ0n) is 43.5. The first-order valence-electron chi connectivity index (χ1n) is 26.1. The van der Waals surface area contributed by atoms with Gasteiger partial charge in [0.15, 0.2) is 5.75 Å². The van der Waals surface area contributed by atoms with Crippen LogP contribution in [0.3, 0.4) is 0 Å². The zero-order valence-corrected chi connectivity index (χ0v) is 43.5. The van der Waals surface area contributed by atoms with E-state index in [1.165, 1.54) is 78.5 Å². The molecule has 9 rings (SSSR count). The molecule has 0 spiro atoms. The third kappa shape index (κ3) is 10.7. The lowest BCUT2D eigenvalue weighted by Gasteiger charge is -2.59. The molecule has 0 radical (unpaired) electrons. The van der Waals surface area contributed by atoms with E-state index >= 15 is 0 Å². The van der Waals surface area contributed by atoms with Crippen molar-refractivity contribution in [1.29, 1.82) is 0 Å². The average Bonchev–Trinajstić information content (AvgIpc) is 3.59. The maximum atomic E-state index is 14.8. The predicted molar refractivity (Wildman–Crippen MR) is 272 cm³/mol. The molecule has 15 nitrogen and oxygen atoms in total. The van der Waals surface area contributed by atoms with Crippen LogP contribution in [0.2, 0.25) is 0 Å². The van der Waals surface area contributed by atoms with Crippen LogP contribution in [0, 0.1) is 48.3 Å². The van der Waals surface area contributed by atoms with Crippen LogP contribution in [-0.4, -0.2) is 104 Å². The second-order valence-electron chi connectivity index (χ2n) is 21.9. The fourth-order valence-corrected chi connectivity index (χ4v) is 12.8. The highest BCUT2D eigenvalue weighted by Crippen LogP contribution is 2.59. The van der Waals surface area contributed by atoms with Crippen molar-refractivity contribution in [2.75, 3.05) is 19.0 Å². The molecule has 0 saturated heterocycles. The number of carbonyl (C=O) groups excluding carboxylic acids is 3. The highest BCUT2D eigenvalue weighted by molar-refractivity contribution is 6.23. The van der Waals surface area contributed by atoms with Crippen LogP contribution in [0.5, 0.6) is 23.0 Å². The number of hydrazone groups is 1. The molecule has 4 aliphatic carbocycles. The SMILES string of the molecule is CCCCCCCCN(/N=C/c1c2c(O)c3c(O)c(C)c4c(c3c1O)C(=O)[C@@](C)(O/C=C/[C@H](OC)[C@@H](C)[C@@H](OC(C)=O)[C@H](C)[C@H](O)[C@H](C)[C@@H](O)[C@@H](C)/C=C/C=C(/C)C(=O)N2)O4)C12CC3CC(CC(C3)C1)C2. The van der Waals surface area contributed by atoms with E-state index in [1.807, 2.05) is 0 Å². The summed E-state index contributed by atoms with van der Waals surface area (Å²) in [6.45, 7) is 15.6. The number of phenols is 3. The summed E-state index contributed by atoms with van der Waals surface area (Å²) in [6.07, 6.45) is 18.6. The molecule has 2 aromatic rings. The number of ether oxygens (including phenoxy) is 4. The van der Waals surface area contributed by atoms with Crippen molar-refractivity contribution in [3.05, 3.63) is 52.8 Å². The molecular weight excluding hydrogens is 907 g/mol. The molecule has 4 saturated carbocycles. The minimum atomic E-state index is -2.05. The second-order valence-corrected chi connectivity index (χ2v) is 21.9. The van der Waals surface area contributed by atoms with E-state index in [-0.39, 0.29) is 50.0 Å². The van der Waals surface area contributed by atoms with Crippen molar-refractivity contribution in [2.24, 2.45) is 46.5 Å². The molecule has 71 heavy (non-hydrogen) atoms. The van der Waals surface area contributed by atoms with Gasteiger partial charge in [-0.25, -0.2) is 0 Å². The molecule has 15 heteroatoms. The molecule has 0 aromatic heterocycles. The highest BCUT2D eigenvalue weighted by atomic mass is 16.7. The minimum Gasteiger partial charge on any atom is -0.507 e. The van der Waals surface area contributed by atoms with Gasteiger partial charge in [0.2, 0.25) is 0 Å². The van der Waals surface area contributed by atoms with Crippen LogP contribution in [0.1, 0.15) is 154 Å². The Morgan fingerprint density at radius 2 is 1.51 bits per heavy atom. The number of carbonyl (C=O) groups is 3. The molecule has 4 fully saturated rings. The summed E-state index contributed by atoms with van der Waals surface area (Å²) in [7, 11) is 1.46. The van der Waals surface area contributed by atoms with Gasteiger partial charge in [0.1, 0.15) is 23.4 Å². The maximum Gasteiger partial charge on any atom is 0.312 e. The number of nitrogens with zero attached hydrogens (tertiary/aromatic N) is 2. The van der Waals surface area contributed by atoms with Gasteiger partial charge in [-0.15, -0.1) is 0 Å². The van der Waals surface area contributed by atoms with E-state index in [2.05, 4.69) is 17.2 Å². The molecule has 1 amide bonds. The summed E-state index contributed by atoms with van der Waals surface area (Å²) in [4.78, 5) is 41.5.